The van der Waals surface area contributed by atoms with Crippen LogP contribution in [0.15, 0.2) is 24.3 Å². The maximum absolute atomic E-state index is 11.6. The number of hydrogen-bond donors (Lipinski definition) is 3. The molecule has 0 bridgehead atoms. The van der Waals surface area contributed by atoms with Gasteiger partial charge < -0.3 is 15.7 Å². The minimum absolute atomic E-state index is 0. The van der Waals surface area contributed by atoms with Crippen LogP contribution in [0.2, 0.25) is 0 Å². The summed E-state index contributed by atoms with van der Waals surface area (Å²) in [6.45, 7) is 2.13. The second-order valence-corrected chi connectivity index (χ2v) is 4.05. The highest BCUT2D eigenvalue weighted by molar-refractivity contribution is 5.85. The number of halogens is 1. The third-order valence-corrected chi connectivity index (χ3v) is 2.79. The van der Waals surface area contributed by atoms with E-state index in [2.05, 4.69) is 10.6 Å². The van der Waals surface area contributed by atoms with E-state index in [1.807, 2.05) is 24.3 Å². The molecule has 1 fully saturated rings. The van der Waals surface area contributed by atoms with Gasteiger partial charge in [-0.3, -0.25) is 4.79 Å². The van der Waals surface area contributed by atoms with Gasteiger partial charge in [-0.25, -0.2) is 0 Å². The van der Waals surface area contributed by atoms with Crippen LogP contribution in [0, 0.1) is 5.92 Å². The average molecular weight is 257 g/mol. The van der Waals surface area contributed by atoms with E-state index in [0.29, 0.717) is 6.54 Å². The quantitative estimate of drug-likeness (QED) is 0.733. The molecular weight excluding hydrogens is 240 g/mol. The molecule has 0 radical (unpaired) electrons. The molecule has 0 aromatic heterocycles. The molecule has 3 N–H and O–H groups in total. The number of amides is 1. The van der Waals surface area contributed by atoms with E-state index in [4.69, 9.17) is 5.11 Å². The van der Waals surface area contributed by atoms with Gasteiger partial charge in [0.15, 0.2) is 0 Å². The van der Waals surface area contributed by atoms with Gasteiger partial charge in [0.2, 0.25) is 5.91 Å². The highest BCUT2D eigenvalue weighted by atomic mass is 35.5. The summed E-state index contributed by atoms with van der Waals surface area (Å²) in [7, 11) is 0. The van der Waals surface area contributed by atoms with Gasteiger partial charge in [-0.2, -0.15) is 0 Å². The van der Waals surface area contributed by atoms with E-state index in [-0.39, 0.29) is 30.8 Å². The molecule has 94 valence electrons. The monoisotopic (exact) mass is 256 g/mol. The summed E-state index contributed by atoms with van der Waals surface area (Å²) < 4.78 is 0. The molecule has 4 nitrogen and oxygen atoms in total. The zero-order chi connectivity index (χ0) is 11.4. The predicted molar refractivity (Wildman–Crippen MR) is 67.8 cm³/mol. The van der Waals surface area contributed by atoms with Crippen LogP contribution in [-0.2, 0) is 17.9 Å². The molecule has 17 heavy (non-hydrogen) atoms. The molecule has 1 saturated heterocycles. The van der Waals surface area contributed by atoms with Crippen LogP contribution in [0.4, 0.5) is 0 Å². The number of carbonyl (C=O) groups excluding carboxylic acids is 1. The van der Waals surface area contributed by atoms with Crippen molar-refractivity contribution in [1.29, 1.82) is 0 Å². The fourth-order valence-corrected chi connectivity index (χ4v) is 1.65. The van der Waals surface area contributed by atoms with Crippen LogP contribution in [0.3, 0.4) is 0 Å². The van der Waals surface area contributed by atoms with Crippen molar-refractivity contribution in [2.75, 3.05) is 13.1 Å². The minimum atomic E-state index is 0. The Morgan fingerprint density at radius 3 is 2.71 bits per heavy atom. The van der Waals surface area contributed by atoms with E-state index in [1.54, 1.807) is 0 Å². The Labute approximate surface area is 107 Å². The molecule has 1 aromatic carbocycles. The molecular formula is C12H17ClN2O2. The molecule has 1 heterocycles. The third kappa shape index (κ3) is 3.70. The third-order valence-electron chi connectivity index (χ3n) is 2.79. The summed E-state index contributed by atoms with van der Waals surface area (Å²) >= 11 is 0. The van der Waals surface area contributed by atoms with Gasteiger partial charge in [0.25, 0.3) is 0 Å². The number of hydrogen-bond acceptors (Lipinski definition) is 3. The zero-order valence-electron chi connectivity index (χ0n) is 9.48. The molecule has 1 aliphatic rings. The van der Waals surface area contributed by atoms with Gasteiger partial charge in [0.1, 0.15) is 0 Å². The minimum Gasteiger partial charge on any atom is -0.392 e. The maximum Gasteiger partial charge on any atom is 0.225 e. The van der Waals surface area contributed by atoms with Gasteiger partial charge in [0.05, 0.1) is 12.5 Å². The lowest BCUT2D eigenvalue weighted by Gasteiger charge is -2.25. The topological polar surface area (TPSA) is 61.4 Å². The van der Waals surface area contributed by atoms with Crippen LogP contribution < -0.4 is 10.6 Å². The number of aliphatic hydroxyl groups excluding tert-OH is 1. The molecule has 0 atom stereocenters. The van der Waals surface area contributed by atoms with Crippen LogP contribution in [0.5, 0.6) is 0 Å². The fraction of sp³-hybridized carbons (Fsp3) is 0.417. The first-order valence-corrected chi connectivity index (χ1v) is 5.46. The van der Waals surface area contributed by atoms with E-state index in [9.17, 15) is 4.79 Å². The Hall–Kier alpha value is -1.10. The second kappa shape index (κ2) is 6.59. The summed E-state index contributed by atoms with van der Waals surface area (Å²) in [5.74, 6) is 0.231. The Morgan fingerprint density at radius 2 is 2.12 bits per heavy atom. The number of nitrogens with one attached hydrogen (secondary N) is 2. The highest BCUT2D eigenvalue weighted by Crippen LogP contribution is 2.06. The van der Waals surface area contributed by atoms with E-state index in [0.717, 1.165) is 24.2 Å². The highest BCUT2D eigenvalue weighted by Gasteiger charge is 2.24. The molecule has 0 spiro atoms. The first kappa shape index (κ1) is 14.0. The van der Waals surface area contributed by atoms with Crippen molar-refractivity contribution in [2.24, 2.45) is 5.92 Å². The first-order chi connectivity index (χ1) is 7.79. The molecule has 0 aliphatic carbocycles. The fourth-order valence-electron chi connectivity index (χ4n) is 1.65. The van der Waals surface area contributed by atoms with Crippen LogP contribution in [0.1, 0.15) is 11.1 Å². The van der Waals surface area contributed by atoms with E-state index in [1.165, 1.54) is 0 Å². The van der Waals surface area contributed by atoms with Gasteiger partial charge in [0, 0.05) is 19.6 Å². The molecule has 1 aromatic rings. The lowest BCUT2D eigenvalue weighted by atomic mass is 10.0. The summed E-state index contributed by atoms with van der Waals surface area (Å²) in [4.78, 5) is 11.6. The first-order valence-electron chi connectivity index (χ1n) is 5.46. The van der Waals surface area contributed by atoms with Crippen molar-refractivity contribution in [3.63, 3.8) is 0 Å². The second-order valence-electron chi connectivity index (χ2n) is 4.05. The molecule has 0 unspecified atom stereocenters. The standard InChI is InChI=1S/C12H16N2O2.ClH/c15-8-10-3-1-2-9(4-10)5-14-12(16)11-6-13-7-11;/h1-4,11,13,15H,5-8H2,(H,14,16);1H. The van der Waals surface area contributed by atoms with E-state index >= 15 is 0 Å². The SMILES string of the molecule is Cl.O=C(NCc1cccc(CO)c1)C1CNC1. The molecule has 0 saturated carbocycles. The van der Waals surface area contributed by atoms with Crippen LogP contribution in [-0.4, -0.2) is 24.1 Å². The lowest BCUT2D eigenvalue weighted by molar-refractivity contribution is -0.126. The Bertz CT molecular complexity index is 381. The smallest absolute Gasteiger partial charge is 0.225 e. The Kier molecular flexibility index (Phi) is 5.41. The van der Waals surface area contributed by atoms with Crippen molar-refractivity contribution >= 4 is 18.3 Å². The van der Waals surface area contributed by atoms with Gasteiger partial charge in [-0.05, 0) is 11.1 Å². The van der Waals surface area contributed by atoms with Gasteiger partial charge in [-0.15, -0.1) is 12.4 Å². The number of benzene rings is 1. The summed E-state index contributed by atoms with van der Waals surface area (Å²) in [5, 5.41) is 14.9. The van der Waals surface area contributed by atoms with Gasteiger partial charge in [-0.1, -0.05) is 24.3 Å². The largest absolute Gasteiger partial charge is 0.392 e. The van der Waals surface area contributed by atoms with E-state index < -0.39 is 0 Å². The van der Waals surface area contributed by atoms with Gasteiger partial charge >= 0.3 is 0 Å². The van der Waals surface area contributed by atoms with Crippen molar-refractivity contribution in [2.45, 2.75) is 13.2 Å². The molecule has 1 amide bonds. The van der Waals surface area contributed by atoms with Crippen LogP contribution >= 0.6 is 12.4 Å². The summed E-state index contributed by atoms with van der Waals surface area (Å²) in [5.41, 5.74) is 1.89. The summed E-state index contributed by atoms with van der Waals surface area (Å²) in [6.07, 6.45) is 0. The van der Waals surface area contributed by atoms with Crippen molar-refractivity contribution in [3.8, 4) is 0 Å². The normalized spacial score (nSPS) is 14.6. The summed E-state index contributed by atoms with van der Waals surface area (Å²) in [6, 6.07) is 7.59. The maximum atomic E-state index is 11.6. The Balaban J connectivity index is 0.00000144. The average Bonchev–Trinajstić information content (AvgIpc) is 2.24. The zero-order valence-corrected chi connectivity index (χ0v) is 10.3. The molecule has 2 rings (SSSR count). The van der Waals surface area contributed by atoms with Crippen molar-refractivity contribution in [1.82, 2.24) is 10.6 Å². The predicted octanol–water partition coefficient (Wildman–Crippen LogP) is 0.436. The number of carbonyl (C=O) groups is 1. The molecule has 5 heteroatoms. The van der Waals surface area contributed by atoms with Crippen LogP contribution in [0.25, 0.3) is 0 Å². The Morgan fingerprint density at radius 1 is 1.41 bits per heavy atom. The van der Waals surface area contributed by atoms with Crippen molar-refractivity contribution in [3.05, 3.63) is 35.4 Å². The molecule has 1 aliphatic heterocycles. The number of aliphatic hydroxyl groups is 1. The lowest BCUT2D eigenvalue weighted by Crippen LogP contribution is -2.50. The number of rotatable bonds is 4. The van der Waals surface area contributed by atoms with Crippen molar-refractivity contribution < 1.29 is 9.90 Å².